The van der Waals surface area contributed by atoms with E-state index in [1.54, 1.807) is 6.07 Å². The lowest BCUT2D eigenvalue weighted by atomic mass is 10.0. The molecular formula is C11H8F3NO4S. The van der Waals surface area contributed by atoms with Gasteiger partial charge in [0.1, 0.15) is 11.4 Å². The number of hydrogen-bond donors (Lipinski definition) is 2. The summed E-state index contributed by atoms with van der Waals surface area (Å²) >= 11 is 0. The van der Waals surface area contributed by atoms with Crippen LogP contribution < -0.4 is 0 Å². The highest BCUT2D eigenvalue weighted by Gasteiger charge is 2.56. The van der Waals surface area contributed by atoms with Crippen molar-refractivity contribution in [1.29, 1.82) is 5.26 Å². The summed E-state index contributed by atoms with van der Waals surface area (Å²) in [4.78, 5) is -0.502. The van der Waals surface area contributed by atoms with Gasteiger partial charge in [0, 0.05) is 5.56 Å². The summed E-state index contributed by atoms with van der Waals surface area (Å²) in [5, 5.41) is 25.2. The Morgan fingerprint density at radius 2 is 1.95 bits per heavy atom. The first-order valence-corrected chi connectivity index (χ1v) is 6.86. The van der Waals surface area contributed by atoms with Crippen molar-refractivity contribution in [2.45, 2.75) is 28.5 Å². The summed E-state index contributed by atoms with van der Waals surface area (Å²) in [6.45, 7) is 0. The summed E-state index contributed by atoms with van der Waals surface area (Å²) in [6.07, 6.45) is -10.4. The maximum atomic E-state index is 12.5. The average molecular weight is 307 g/mol. The van der Waals surface area contributed by atoms with Crippen LogP contribution in [0.4, 0.5) is 13.2 Å². The van der Waals surface area contributed by atoms with Gasteiger partial charge in [-0.3, -0.25) is 0 Å². The molecule has 0 fully saturated rings. The lowest BCUT2D eigenvalue weighted by molar-refractivity contribution is -0.209. The molecule has 0 aliphatic carbocycles. The molecule has 0 bridgehead atoms. The van der Waals surface area contributed by atoms with Crippen molar-refractivity contribution in [3.05, 3.63) is 29.3 Å². The van der Waals surface area contributed by atoms with E-state index in [0.717, 1.165) is 18.2 Å². The van der Waals surface area contributed by atoms with Crippen molar-refractivity contribution in [1.82, 2.24) is 0 Å². The van der Waals surface area contributed by atoms with Crippen LogP contribution in [0.25, 0.3) is 0 Å². The van der Waals surface area contributed by atoms with Gasteiger partial charge >= 0.3 is 6.18 Å². The van der Waals surface area contributed by atoms with E-state index in [9.17, 15) is 26.7 Å². The molecule has 9 heteroatoms. The number of aliphatic hydroxyl groups is 2. The van der Waals surface area contributed by atoms with E-state index >= 15 is 0 Å². The highest BCUT2D eigenvalue weighted by atomic mass is 32.2. The van der Waals surface area contributed by atoms with Crippen LogP contribution >= 0.6 is 0 Å². The van der Waals surface area contributed by atoms with Crippen molar-refractivity contribution >= 4 is 9.84 Å². The number of halogens is 3. The number of hydrogen-bond acceptors (Lipinski definition) is 5. The van der Waals surface area contributed by atoms with Gasteiger partial charge in [0.25, 0.3) is 0 Å². The molecule has 1 aliphatic heterocycles. The molecule has 1 heterocycles. The van der Waals surface area contributed by atoms with Crippen LogP contribution in [-0.2, 0) is 9.84 Å². The Morgan fingerprint density at radius 1 is 1.35 bits per heavy atom. The first-order chi connectivity index (χ1) is 9.10. The normalized spacial score (nSPS) is 25.8. The number of fused-ring (bicyclic) bond motifs is 1. The van der Waals surface area contributed by atoms with Crippen LogP contribution in [0.1, 0.15) is 17.2 Å². The first kappa shape index (κ1) is 14.8. The minimum Gasteiger partial charge on any atom is -0.387 e. The third kappa shape index (κ3) is 2.06. The topological polar surface area (TPSA) is 98.4 Å². The van der Waals surface area contributed by atoms with E-state index in [1.165, 1.54) is 0 Å². The van der Waals surface area contributed by atoms with Gasteiger partial charge in [-0.25, -0.2) is 8.42 Å². The maximum Gasteiger partial charge on any atom is 0.415 e. The fourth-order valence-electron chi connectivity index (χ4n) is 2.13. The molecule has 1 aromatic carbocycles. The summed E-state index contributed by atoms with van der Waals surface area (Å²) in [5.74, 6) is 0. The number of nitrogens with zero attached hydrogens (tertiary/aromatic N) is 1. The molecule has 1 aliphatic rings. The molecule has 2 N–H and O–H groups in total. The van der Waals surface area contributed by atoms with Crippen LogP contribution in [0.5, 0.6) is 0 Å². The quantitative estimate of drug-likeness (QED) is 0.794. The fraction of sp³-hybridized carbons (Fsp3) is 0.364. The predicted octanol–water partition coefficient (Wildman–Crippen LogP) is 0.671. The number of alkyl halides is 3. The van der Waals surface area contributed by atoms with Crippen LogP contribution in [0.2, 0.25) is 0 Å². The van der Waals surface area contributed by atoms with Gasteiger partial charge < -0.3 is 10.2 Å². The molecule has 0 aromatic heterocycles. The summed E-state index contributed by atoms with van der Waals surface area (Å²) in [6, 6.07) is 4.76. The van der Waals surface area contributed by atoms with E-state index in [2.05, 4.69) is 0 Å². The zero-order valence-corrected chi connectivity index (χ0v) is 10.5. The van der Waals surface area contributed by atoms with Gasteiger partial charge in [0.2, 0.25) is 0 Å². The Hall–Kier alpha value is -1.63. The minimum absolute atomic E-state index is 0.000137. The van der Waals surface area contributed by atoms with Gasteiger partial charge in [0.05, 0.1) is 16.5 Å². The van der Waals surface area contributed by atoms with Crippen molar-refractivity contribution in [3.8, 4) is 6.07 Å². The monoisotopic (exact) mass is 307 g/mol. The molecule has 108 valence electrons. The largest absolute Gasteiger partial charge is 0.415 e. The second-order valence-electron chi connectivity index (χ2n) is 4.31. The second-order valence-corrected chi connectivity index (χ2v) is 6.38. The molecule has 3 atom stereocenters. The lowest BCUT2D eigenvalue weighted by Crippen LogP contribution is -2.44. The van der Waals surface area contributed by atoms with Gasteiger partial charge in [-0.05, 0) is 18.2 Å². The summed E-state index contributed by atoms with van der Waals surface area (Å²) in [5.41, 5.74) is -0.308. The van der Waals surface area contributed by atoms with E-state index in [1.807, 2.05) is 0 Å². The summed E-state index contributed by atoms with van der Waals surface area (Å²) < 4.78 is 61.5. The molecule has 0 saturated heterocycles. The Labute approximate surface area is 111 Å². The zero-order chi connectivity index (χ0) is 15.3. The van der Waals surface area contributed by atoms with Crippen molar-refractivity contribution in [2.75, 3.05) is 0 Å². The number of sulfone groups is 1. The first-order valence-electron chi connectivity index (χ1n) is 5.31. The van der Waals surface area contributed by atoms with Crippen molar-refractivity contribution < 1.29 is 31.8 Å². The Balaban J connectivity index is 2.60. The molecular weight excluding hydrogens is 299 g/mol. The number of rotatable bonds is 1. The summed E-state index contributed by atoms with van der Waals surface area (Å²) in [7, 11) is -4.53. The standard InChI is InChI=1S/C11H8F3NO4S/c12-11(13,14)10(17)9-8(16)6-3-5(4-15)1-2-7(6)20(9,18)19/h1-3,8-10,16-17H. The molecule has 20 heavy (non-hydrogen) atoms. The van der Waals surface area contributed by atoms with Crippen LogP contribution in [0, 0.1) is 11.3 Å². The Kier molecular flexibility index (Phi) is 3.28. The van der Waals surface area contributed by atoms with E-state index in [4.69, 9.17) is 10.4 Å². The molecule has 0 saturated carbocycles. The third-order valence-electron chi connectivity index (χ3n) is 3.08. The van der Waals surface area contributed by atoms with Gasteiger partial charge in [-0.15, -0.1) is 0 Å². The zero-order valence-electron chi connectivity index (χ0n) is 9.66. The Bertz CT molecular complexity index is 693. The molecule has 0 radical (unpaired) electrons. The maximum absolute atomic E-state index is 12.5. The highest BCUT2D eigenvalue weighted by Crippen LogP contribution is 2.43. The fourth-order valence-corrected chi connectivity index (χ4v) is 4.17. The predicted molar refractivity (Wildman–Crippen MR) is 59.2 cm³/mol. The molecule has 2 rings (SSSR count). The molecule has 3 unspecified atom stereocenters. The number of aliphatic hydroxyl groups excluding tert-OH is 2. The molecule has 1 aromatic rings. The lowest BCUT2D eigenvalue weighted by Gasteiger charge is -2.22. The average Bonchev–Trinajstić information content (AvgIpc) is 2.55. The van der Waals surface area contributed by atoms with Gasteiger partial charge in [0.15, 0.2) is 15.9 Å². The van der Waals surface area contributed by atoms with Crippen LogP contribution in [0.15, 0.2) is 23.1 Å². The van der Waals surface area contributed by atoms with E-state index < -0.39 is 38.4 Å². The van der Waals surface area contributed by atoms with Crippen LogP contribution in [-0.4, -0.2) is 36.2 Å². The Morgan fingerprint density at radius 3 is 2.45 bits per heavy atom. The third-order valence-corrected chi connectivity index (χ3v) is 5.30. The SMILES string of the molecule is N#Cc1ccc2c(c1)C(O)C(C(O)C(F)(F)F)S2(=O)=O. The smallest absolute Gasteiger partial charge is 0.387 e. The highest BCUT2D eigenvalue weighted by molar-refractivity contribution is 7.92. The van der Waals surface area contributed by atoms with Crippen molar-refractivity contribution in [2.24, 2.45) is 0 Å². The van der Waals surface area contributed by atoms with E-state index in [0.29, 0.717) is 0 Å². The van der Waals surface area contributed by atoms with Gasteiger partial charge in [-0.1, -0.05) is 0 Å². The van der Waals surface area contributed by atoms with Crippen molar-refractivity contribution in [3.63, 3.8) is 0 Å². The number of benzene rings is 1. The van der Waals surface area contributed by atoms with Crippen LogP contribution in [0.3, 0.4) is 0 Å². The molecule has 0 spiro atoms. The molecule has 5 nitrogen and oxygen atoms in total. The molecule has 0 amide bonds. The van der Waals surface area contributed by atoms with E-state index in [-0.39, 0.29) is 11.1 Å². The minimum atomic E-state index is -5.18. The number of nitriles is 1. The van der Waals surface area contributed by atoms with Gasteiger partial charge in [-0.2, -0.15) is 18.4 Å². The second kappa shape index (κ2) is 4.44.